The van der Waals surface area contributed by atoms with Gasteiger partial charge in [0, 0.05) is 24.2 Å². The lowest BCUT2D eigenvalue weighted by molar-refractivity contribution is -0.0944. The summed E-state index contributed by atoms with van der Waals surface area (Å²) in [4.78, 5) is 12.4. The van der Waals surface area contributed by atoms with Crippen LogP contribution in [0, 0.1) is 11.3 Å². The van der Waals surface area contributed by atoms with Crippen LogP contribution in [0.3, 0.4) is 0 Å². The molecule has 0 radical (unpaired) electrons. The van der Waals surface area contributed by atoms with Crippen molar-refractivity contribution in [2.75, 3.05) is 18.0 Å². The number of rotatable bonds is 2. The Hall–Kier alpha value is -2.29. The van der Waals surface area contributed by atoms with Crippen LogP contribution in [0.4, 0.5) is 18.9 Å². The van der Waals surface area contributed by atoms with Gasteiger partial charge in [0.15, 0.2) is 0 Å². The molecule has 0 amide bonds. The van der Waals surface area contributed by atoms with Crippen LogP contribution in [0.15, 0.2) is 29.8 Å². The highest BCUT2D eigenvalue weighted by Crippen LogP contribution is 2.32. The number of halogens is 3. The second-order valence-electron chi connectivity index (χ2n) is 4.43. The van der Waals surface area contributed by atoms with Crippen LogP contribution < -0.4 is 4.90 Å². The number of carbonyl (C=O) groups excluding carboxylic acids is 1. The van der Waals surface area contributed by atoms with Gasteiger partial charge < -0.3 is 4.90 Å². The van der Waals surface area contributed by atoms with Gasteiger partial charge in [-0.15, -0.1) is 0 Å². The summed E-state index contributed by atoms with van der Waals surface area (Å²) in [7, 11) is 0. The van der Waals surface area contributed by atoms with Crippen LogP contribution >= 0.6 is 0 Å². The quantitative estimate of drug-likeness (QED) is 0.617. The molecule has 0 saturated heterocycles. The largest absolute Gasteiger partial charge is 0.412 e. The zero-order valence-electron chi connectivity index (χ0n) is 10.4. The van der Waals surface area contributed by atoms with E-state index in [1.165, 1.54) is 6.07 Å². The molecule has 104 valence electrons. The fourth-order valence-corrected chi connectivity index (χ4v) is 2.14. The SMILES string of the molecule is N#Cc1cc(C=O)ccc1N1CC=C(C(F)(F)F)CC1. The first kappa shape index (κ1) is 14.1. The number of hydrogen-bond donors (Lipinski definition) is 0. The van der Waals surface area contributed by atoms with Crippen molar-refractivity contribution in [1.82, 2.24) is 0 Å². The van der Waals surface area contributed by atoms with Crippen molar-refractivity contribution in [3.8, 4) is 6.07 Å². The van der Waals surface area contributed by atoms with Crippen LogP contribution in [0.1, 0.15) is 22.3 Å². The molecule has 0 aliphatic carbocycles. The molecular formula is C14H11F3N2O. The number of alkyl halides is 3. The Kier molecular flexibility index (Phi) is 3.79. The van der Waals surface area contributed by atoms with Crippen LogP contribution in [0.5, 0.6) is 0 Å². The number of hydrogen-bond acceptors (Lipinski definition) is 3. The van der Waals surface area contributed by atoms with Crippen molar-refractivity contribution in [3.05, 3.63) is 41.0 Å². The predicted molar refractivity (Wildman–Crippen MR) is 67.5 cm³/mol. The van der Waals surface area contributed by atoms with Crippen LogP contribution in [0.25, 0.3) is 0 Å². The van der Waals surface area contributed by atoms with E-state index in [-0.39, 0.29) is 19.5 Å². The van der Waals surface area contributed by atoms with Crippen LogP contribution in [-0.2, 0) is 0 Å². The van der Waals surface area contributed by atoms with Gasteiger partial charge in [-0.2, -0.15) is 18.4 Å². The summed E-state index contributed by atoms with van der Waals surface area (Å²) < 4.78 is 37.6. The van der Waals surface area contributed by atoms with Gasteiger partial charge in [-0.3, -0.25) is 4.79 Å². The number of anilines is 1. The molecule has 1 aromatic rings. The molecule has 2 rings (SSSR count). The Bertz CT molecular complexity index is 599. The molecule has 3 nitrogen and oxygen atoms in total. The van der Waals surface area contributed by atoms with Crippen molar-refractivity contribution in [3.63, 3.8) is 0 Å². The van der Waals surface area contributed by atoms with Crippen molar-refractivity contribution in [2.45, 2.75) is 12.6 Å². The van der Waals surface area contributed by atoms with E-state index in [4.69, 9.17) is 5.26 Å². The lowest BCUT2D eigenvalue weighted by Gasteiger charge is -2.29. The molecule has 0 aromatic heterocycles. The third-order valence-corrected chi connectivity index (χ3v) is 3.19. The first-order valence-electron chi connectivity index (χ1n) is 5.96. The molecule has 1 aromatic carbocycles. The van der Waals surface area contributed by atoms with E-state index in [1.807, 2.05) is 6.07 Å². The fourth-order valence-electron chi connectivity index (χ4n) is 2.14. The maximum absolute atomic E-state index is 12.5. The number of nitriles is 1. The average molecular weight is 280 g/mol. The van der Waals surface area contributed by atoms with E-state index < -0.39 is 11.7 Å². The highest BCUT2D eigenvalue weighted by Gasteiger charge is 2.34. The van der Waals surface area contributed by atoms with Crippen molar-refractivity contribution >= 4 is 12.0 Å². The minimum atomic E-state index is -4.29. The first-order valence-corrected chi connectivity index (χ1v) is 5.96. The Balaban J connectivity index is 2.25. The number of nitrogens with zero attached hydrogens (tertiary/aromatic N) is 2. The monoisotopic (exact) mass is 280 g/mol. The summed E-state index contributed by atoms with van der Waals surface area (Å²) in [6, 6.07) is 6.54. The lowest BCUT2D eigenvalue weighted by atomic mass is 10.0. The summed E-state index contributed by atoms with van der Waals surface area (Å²) in [6.45, 7) is 0.296. The van der Waals surface area contributed by atoms with Gasteiger partial charge in [0.1, 0.15) is 12.4 Å². The van der Waals surface area contributed by atoms with E-state index in [2.05, 4.69) is 0 Å². The Morgan fingerprint density at radius 1 is 1.35 bits per heavy atom. The topological polar surface area (TPSA) is 44.1 Å². The van der Waals surface area contributed by atoms with Crippen LogP contribution in [-0.4, -0.2) is 25.6 Å². The Labute approximate surface area is 113 Å². The summed E-state index contributed by atoms with van der Waals surface area (Å²) in [5.74, 6) is 0. The molecule has 6 heteroatoms. The minimum Gasteiger partial charge on any atom is -0.366 e. The maximum atomic E-state index is 12.5. The molecule has 0 bridgehead atoms. The van der Waals surface area contributed by atoms with E-state index in [1.54, 1.807) is 17.0 Å². The summed E-state index contributed by atoms with van der Waals surface area (Å²) in [6.07, 6.45) is -2.63. The number of benzene rings is 1. The van der Waals surface area contributed by atoms with Gasteiger partial charge >= 0.3 is 6.18 Å². The fraction of sp³-hybridized carbons (Fsp3) is 0.286. The minimum absolute atomic E-state index is 0.101. The van der Waals surface area contributed by atoms with Crippen molar-refractivity contribution < 1.29 is 18.0 Å². The van der Waals surface area contributed by atoms with Crippen molar-refractivity contribution in [1.29, 1.82) is 5.26 Å². The van der Waals surface area contributed by atoms with Gasteiger partial charge in [0.2, 0.25) is 0 Å². The van der Waals surface area contributed by atoms with Gasteiger partial charge in [-0.05, 0) is 24.6 Å². The molecule has 0 unspecified atom stereocenters. The normalized spacial score (nSPS) is 15.5. The van der Waals surface area contributed by atoms with Gasteiger partial charge in [0.05, 0.1) is 11.3 Å². The van der Waals surface area contributed by atoms with E-state index in [0.717, 1.165) is 6.08 Å². The summed E-state index contributed by atoms with van der Waals surface area (Å²) >= 11 is 0. The number of carbonyl (C=O) groups is 1. The first-order chi connectivity index (χ1) is 9.45. The summed E-state index contributed by atoms with van der Waals surface area (Å²) in [5.41, 5.74) is 0.680. The van der Waals surface area contributed by atoms with Gasteiger partial charge in [-0.25, -0.2) is 0 Å². The van der Waals surface area contributed by atoms with Gasteiger partial charge in [0.25, 0.3) is 0 Å². The molecule has 0 spiro atoms. The van der Waals surface area contributed by atoms with E-state index >= 15 is 0 Å². The molecule has 0 fully saturated rings. The Morgan fingerprint density at radius 3 is 2.60 bits per heavy atom. The zero-order valence-corrected chi connectivity index (χ0v) is 10.4. The number of aldehydes is 1. The zero-order chi connectivity index (χ0) is 14.8. The molecule has 0 saturated carbocycles. The Morgan fingerprint density at radius 2 is 2.10 bits per heavy atom. The molecule has 1 heterocycles. The summed E-state index contributed by atoms with van der Waals surface area (Å²) in [5, 5.41) is 9.06. The molecule has 1 aliphatic heterocycles. The third kappa shape index (κ3) is 2.82. The lowest BCUT2D eigenvalue weighted by Crippen LogP contribution is -2.32. The maximum Gasteiger partial charge on any atom is 0.412 e. The molecule has 0 atom stereocenters. The molecule has 1 aliphatic rings. The second-order valence-corrected chi connectivity index (χ2v) is 4.43. The van der Waals surface area contributed by atoms with Crippen LogP contribution in [0.2, 0.25) is 0 Å². The highest BCUT2D eigenvalue weighted by atomic mass is 19.4. The smallest absolute Gasteiger partial charge is 0.366 e. The average Bonchev–Trinajstić information content (AvgIpc) is 2.45. The molecular weight excluding hydrogens is 269 g/mol. The van der Waals surface area contributed by atoms with E-state index in [9.17, 15) is 18.0 Å². The standard InChI is InChI=1S/C14H11F3N2O/c15-14(16,17)12-3-5-19(6-4-12)13-2-1-10(9-20)7-11(13)8-18/h1-3,7,9H,4-6H2. The molecule has 0 N–H and O–H groups in total. The van der Waals surface area contributed by atoms with Crippen molar-refractivity contribution in [2.24, 2.45) is 0 Å². The van der Waals surface area contributed by atoms with E-state index in [0.29, 0.717) is 23.1 Å². The highest BCUT2D eigenvalue weighted by molar-refractivity contribution is 5.78. The molecule has 20 heavy (non-hydrogen) atoms. The third-order valence-electron chi connectivity index (χ3n) is 3.19. The predicted octanol–water partition coefficient (Wildman–Crippen LogP) is 3.07. The second kappa shape index (κ2) is 5.37. The van der Waals surface area contributed by atoms with Gasteiger partial charge in [-0.1, -0.05) is 6.08 Å².